The number of ether oxygens (including phenoxy) is 4. The van der Waals surface area contributed by atoms with Gasteiger partial charge in [-0.15, -0.1) is 0 Å². The molecule has 2 saturated carbocycles. The molecule has 5 rings (SSSR count). The zero-order valence-corrected chi connectivity index (χ0v) is 19.6. The normalized spacial score (nSPS) is 35.7. The van der Waals surface area contributed by atoms with Crippen LogP contribution < -0.4 is 0 Å². The molecule has 0 radical (unpaired) electrons. The van der Waals surface area contributed by atoms with E-state index in [9.17, 15) is 4.79 Å². The average molecular weight is 455 g/mol. The summed E-state index contributed by atoms with van der Waals surface area (Å²) < 4.78 is 24.7. The van der Waals surface area contributed by atoms with E-state index in [0.717, 1.165) is 64.6 Å². The second kappa shape index (κ2) is 11.3. The van der Waals surface area contributed by atoms with Crippen LogP contribution in [0.1, 0.15) is 63.4 Å². The maximum absolute atomic E-state index is 12.2. The van der Waals surface area contributed by atoms with Gasteiger partial charge in [-0.1, -0.05) is 42.5 Å². The maximum Gasteiger partial charge on any atom is 0.158 e. The summed E-state index contributed by atoms with van der Waals surface area (Å²) >= 11 is 0. The Hall–Kier alpha value is -1.53. The van der Waals surface area contributed by atoms with E-state index >= 15 is 0 Å². The molecule has 2 heterocycles. The maximum atomic E-state index is 12.2. The molecule has 5 heteroatoms. The average Bonchev–Trinajstić information content (AvgIpc) is 3.35. The minimum absolute atomic E-state index is 0.0572. The van der Waals surface area contributed by atoms with Gasteiger partial charge in [0, 0.05) is 38.4 Å². The minimum Gasteiger partial charge on any atom is -0.353 e. The first-order chi connectivity index (χ1) is 16.2. The monoisotopic (exact) mass is 454 g/mol. The molecule has 180 valence electrons. The van der Waals surface area contributed by atoms with Gasteiger partial charge < -0.3 is 18.9 Å². The molecular formula is C28H38O5. The largest absolute Gasteiger partial charge is 0.353 e. The van der Waals surface area contributed by atoms with Gasteiger partial charge >= 0.3 is 0 Å². The summed E-state index contributed by atoms with van der Waals surface area (Å²) in [5.74, 6) is 1.46. The summed E-state index contributed by atoms with van der Waals surface area (Å²) in [4.78, 5) is 12.2. The van der Waals surface area contributed by atoms with Crippen molar-refractivity contribution >= 4 is 5.78 Å². The molecule has 1 aromatic rings. The molecule has 1 aromatic carbocycles. The van der Waals surface area contributed by atoms with Crippen LogP contribution in [0.2, 0.25) is 0 Å². The number of benzene rings is 1. The van der Waals surface area contributed by atoms with E-state index in [1.807, 2.05) is 6.07 Å². The predicted octanol–water partition coefficient (Wildman–Crippen LogP) is 5.22. The molecule has 0 N–H and O–H groups in total. The van der Waals surface area contributed by atoms with Gasteiger partial charge in [-0.25, -0.2) is 0 Å². The molecule has 3 unspecified atom stereocenters. The van der Waals surface area contributed by atoms with Crippen LogP contribution >= 0.6 is 0 Å². The number of carbonyl (C=O) groups is 1. The molecular weight excluding hydrogens is 416 g/mol. The molecule has 7 atom stereocenters. The number of carbonyl (C=O) groups excluding carboxylic acids is 1. The quantitative estimate of drug-likeness (QED) is 0.504. The van der Waals surface area contributed by atoms with Gasteiger partial charge in [0.15, 0.2) is 12.6 Å². The van der Waals surface area contributed by atoms with E-state index in [2.05, 4.69) is 36.4 Å². The van der Waals surface area contributed by atoms with Crippen molar-refractivity contribution in [2.24, 2.45) is 17.8 Å². The zero-order chi connectivity index (χ0) is 22.5. The molecule has 0 aromatic heterocycles. The third kappa shape index (κ3) is 6.13. The molecule has 2 saturated heterocycles. The number of ketones is 1. The van der Waals surface area contributed by atoms with Crippen LogP contribution in [0.5, 0.6) is 0 Å². The van der Waals surface area contributed by atoms with Crippen LogP contribution in [-0.2, 0) is 30.2 Å². The first kappa shape index (κ1) is 23.2. The lowest BCUT2D eigenvalue weighted by Crippen LogP contribution is -2.31. The van der Waals surface area contributed by atoms with Crippen molar-refractivity contribution in [1.82, 2.24) is 0 Å². The highest BCUT2D eigenvalue weighted by atomic mass is 16.7. The minimum atomic E-state index is -0.135. The van der Waals surface area contributed by atoms with E-state index in [1.54, 1.807) is 0 Å². The van der Waals surface area contributed by atoms with Gasteiger partial charge in [-0.05, 0) is 62.3 Å². The summed E-state index contributed by atoms with van der Waals surface area (Å²) in [6.07, 6.45) is 14.0. The fourth-order valence-corrected chi connectivity index (χ4v) is 6.10. The molecule has 0 bridgehead atoms. The Morgan fingerprint density at radius 1 is 0.970 bits per heavy atom. The summed E-state index contributed by atoms with van der Waals surface area (Å²) in [6.45, 7) is 1.57. The molecule has 4 fully saturated rings. The van der Waals surface area contributed by atoms with Gasteiger partial charge in [0.1, 0.15) is 5.78 Å². The smallest absolute Gasteiger partial charge is 0.158 e. The van der Waals surface area contributed by atoms with Crippen LogP contribution in [0, 0.1) is 17.8 Å². The summed E-state index contributed by atoms with van der Waals surface area (Å²) in [5.41, 5.74) is 1.26. The Bertz CT molecular complexity index is 781. The topological polar surface area (TPSA) is 54.0 Å². The lowest BCUT2D eigenvalue weighted by atomic mass is 9.90. The molecule has 0 spiro atoms. The van der Waals surface area contributed by atoms with Crippen LogP contribution in [0.25, 0.3) is 0 Å². The summed E-state index contributed by atoms with van der Waals surface area (Å²) in [6, 6.07) is 10.5. The van der Waals surface area contributed by atoms with E-state index in [-0.39, 0.29) is 30.7 Å². The van der Waals surface area contributed by atoms with Crippen molar-refractivity contribution in [1.29, 1.82) is 0 Å². The Morgan fingerprint density at radius 2 is 1.73 bits per heavy atom. The standard InChI is InChI=1S/C28H38O5/c29-22-17-21-18-26(33-28-11-5-7-15-31-28)24(25(21)19-22)13-12-23(16-20-8-2-1-3-9-20)32-27-10-4-6-14-30-27/h1-3,8-9,12-13,21,23-28H,4-7,10-11,14-19H2/t21-,23?,24+,25-,26+,27?,28?/m0/s1. The van der Waals surface area contributed by atoms with Gasteiger partial charge in [0.25, 0.3) is 0 Å². The molecule has 5 nitrogen and oxygen atoms in total. The van der Waals surface area contributed by atoms with Gasteiger partial charge in [-0.3, -0.25) is 4.79 Å². The third-order valence-corrected chi connectivity index (χ3v) is 7.77. The predicted molar refractivity (Wildman–Crippen MR) is 126 cm³/mol. The summed E-state index contributed by atoms with van der Waals surface area (Å²) in [7, 11) is 0. The molecule has 4 aliphatic rings. The first-order valence-corrected chi connectivity index (χ1v) is 13.0. The second-order valence-electron chi connectivity index (χ2n) is 10.2. The van der Waals surface area contributed by atoms with Gasteiger partial charge in [0.2, 0.25) is 0 Å². The highest BCUT2D eigenvalue weighted by Gasteiger charge is 2.48. The van der Waals surface area contributed by atoms with Crippen LogP contribution in [0.4, 0.5) is 0 Å². The fraction of sp³-hybridized carbons (Fsp3) is 0.679. The Morgan fingerprint density at radius 3 is 2.45 bits per heavy atom. The fourth-order valence-electron chi connectivity index (χ4n) is 6.10. The number of fused-ring (bicyclic) bond motifs is 1. The van der Waals surface area contributed by atoms with Crippen molar-refractivity contribution in [3.63, 3.8) is 0 Å². The summed E-state index contributed by atoms with van der Waals surface area (Å²) in [5, 5.41) is 0. The highest BCUT2D eigenvalue weighted by molar-refractivity contribution is 5.81. The lowest BCUT2D eigenvalue weighted by Gasteiger charge is -2.30. The van der Waals surface area contributed by atoms with E-state index in [4.69, 9.17) is 18.9 Å². The van der Waals surface area contributed by atoms with Gasteiger partial charge in [0.05, 0.1) is 12.2 Å². The van der Waals surface area contributed by atoms with Crippen molar-refractivity contribution in [2.75, 3.05) is 13.2 Å². The van der Waals surface area contributed by atoms with Gasteiger partial charge in [-0.2, -0.15) is 0 Å². The van der Waals surface area contributed by atoms with Crippen LogP contribution in [0.15, 0.2) is 42.5 Å². The lowest BCUT2D eigenvalue weighted by molar-refractivity contribution is -0.193. The second-order valence-corrected chi connectivity index (χ2v) is 10.2. The van der Waals surface area contributed by atoms with E-state index in [0.29, 0.717) is 30.5 Å². The number of hydrogen-bond acceptors (Lipinski definition) is 5. The van der Waals surface area contributed by atoms with Crippen LogP contribution in [-0.4, -0.2) is 43.8 Å². The zero-order valence-electron chi connectivity index (χ0n) is 19.6. The SMILES string of the molecule is O=C1C[C@H]2C[C@@H](OC3CCCCO3)[C@H](C=CC(Cc3ccccc3)OC3CCCCO3)[C@H]2C1. The molecule has 33 heavy (non-hydrogen) atoms. The van der Waals surface area contributed by atoms with Crippen molar-refractivity contribution in [3.05, 3.63) is 48.0 Å². The molecule has 2 aliphatic heterocycles. The number of hydrogen-bond donors (Lipinski definition) is 0. The van der Waals surface area contributed by atoms with E-state index < -0.39 is 0 Å². The third-order valence-electron chi connectivity index (χ3n) is 7.77. The molecule has 0 amide bonds. The Balaban J connectivity index is 1.30. The Kier molecular flexibility index (Phi) is 7.93. The van der Waals surface area contributed by atoms with Crippen LogP contribution in [0.3, 0.4) is 0 Å². The number of Topliss-reactive ketones (excluding diaryl/α,β-unsaturated/α-hetero) is 1. The van der Waals surface area contributed by atoms with E-state index in [1.165, 1.54) is 5.56 Å². The molecule has 2 aliphatic carbocycles. The van der Waals surface area contributed by atoms with Crippen molar-refractivity contribution < 1.29 is 23.7 Å². The van der Waals surface area contributed by atoms with Crippen molar-refractivity contribution in [3.8, 4) is 0 Å². The van der Waals surface area contributed by atoms with Crippen molar-refractivity contribution in [2.45, 2.75) is 89.0 Å². The highest BCUT2D eigenvalue weighted by Crippen LogP contribution is 2.48. The first-order valence-electron chi connectivity index (χ1n) is 13.0. The number of rotatable bonds is 8. The Labute approximate surface area is 197 Å².